The van der Waals surface area contributed by atoms with Gasteiger partial charge in [0.2, 0.25) is 11.7 Å². The second-order valence-corrected chi connectivity index (χ2v) is 5.31. The average Bonchev–Trinajstić information content (AvgIpc) is 2.65. The molecule has 2 aromatic carbocycles. The van der Waals surface area contributed by atoms with Crippen LogP contribution in [-0.4, -0.2) is 34.3 Å². The predicted molar refractivity (Wildman–Crippen MR) is 96.0 cm³/mol. The SMILES string of the molecule is COc1ccc(CCC(=O)Nc2cc(OC)c(OC)c(OC)c2)cc1. The van der Waals surface area contributed by atoms with Gasteiger partial charge in [-0.25, -0.2) is 0 Å². The average molecular weight is 345 g/mol. The van der Waals surface area contributed by atoms with E-state index < -0.39 is 0 Å². The van der Waals surface area contributed by atoms with Crippen LogP contribution in [0.15, 0.2) is 36.4 Å². The van der Waals surface area contributed by atoms with Gasteiger partial charge in [-0.15, -0.1) is 0 Å². The van der Waals surface area contributed by atoms with E-state index in [1.54, 1.807) is 19.2 Å². The Balaban J connectivity index is 2.01. The summed E-state index contributed by atoms with van der Waals surface area (Å²) in [5.41, 5.74) is 1.66. The zero-order valence-corrected chi connectivity index (χ0v) is 14.9. The van der Waals surface area contributed by atoms with Crippen molar-refractivity contribution in [1.29, 1.82) is 0 Å². The Morgan fingerprint density at radius 1 is 0.880 bits per heavy atom. The Labute approximate surface area is 147 Å². The summed E-state index contributed by atoms with van der Waals surface area (Å²) in [6, 6.07) is 11.1. The molecule has 0 fully saturated rings. The maximum atomic E-state index is 12.2. The van der Waals surface area contributed by atoms with Crippen LogP contribution in [0.1, 0.15) is 12.0 Å². The Kier molecular flexibility index (Phi) is 6.51. The number of carbonyl (C=O) groups is 1. The van der Waals surface area contributed by atoms with Crippen LogP contribution in [0.5, 0.6) is 23.0 Å². The van der Waals surface area contributed by atoms with Gasteiger partial charge in [0.05, 0.1) is 28.4 Å². The van der Waals surface area contributed by atoms with Crippen LogP contribution in [0.4, 0.5) is 5.69 Å². The fourth-order valence-electron chi connectivity index (χ4n) is 2.43. The first-order valence-electron chi connectivity index (χ1n) is 7.84. The standard InChI is InChI=1S/C19H23NO5/c1-22-15-8-5-13(6-9-15)7-10-18(21)20-14-11-16(23-2)19(25-4)17(12-14)24-3/h5-6,8-9,11-12H,7,10H2,1-4H3,(H,20,21). The Morgan fingerprint density at radius 2 is 1.48 bits per heavy atom. The number of benzene rings is 2. The molecule has 0 spiro atoms. The first-order valence-corrected chi connectivity index (χ1v) is 7.84. The summed E-state index contributed by atoms with van der Waals surface area (Å²) in [5, 5.41) is 2.86. The van der Waals surface area contributed by atoms with Crippen molar-refractivity contribution in [3.8, 4) is 23.0 Å². The molecule has 1 amide bonds. The van der Waals surface area contributed by atoms with E-state index in [1.165, 1.54) is 21.3 Å². The summed E-state index contributed by atoms with van der Waals surface area (Å²) in [5.74, 6) is 2.18. The number of rotatable bonds is 8. The fraction of sp³-hybridized carbons (Fsp3) is 0.316. The number of hydrogen-bond acceptors (Lipinski definition) is 5. The van der Waals surface area contributed by atoms with E-state index in [1.807, 2.05) is 24.3 Å². The number of nitrogens with one attached hydrogen (secondary N) is 1. The van der Waals surface area contributed by atoms with E-state index >= 15 is 0 Å². The van der Waals surface area contributed by atoms with E-state index in [2.05, 4.69) is 5.32 Å². The second-order valence-electron chi connectivity index (χ2n) is 5.31. The van der Waals surface area contributed by atoms with Crippen molar-refractivity contribution >= 4 is 11.6 Å². The topological polar surface area (TPSA) is 66.0 Å². The maximum absolute atomic E-state index is 12.2. The molecule has 0 bridgehead atoms. The number of anilines is 1. The van der Waals surface area contributed by atoms with Crippen molar-refractivity contribution < 1.29 is 23.7 Å². The van der Waals surface area contributed by atoms with Crippen LogP contribution >= 0.6 is 0 Å². The maximum Gasteiger partial charge on any atom is 0.224 e. The molecule has 0 saturated heterocycles. The van der Waals surface area contributed by atoms with E-state index in [-0.39, 0.29) is 5.91 Å². The zero-order valence-electron chi connectivity index (χ0n) is 14.9. The first-order chi connectivity index (χ1) is 12.1. The summed E-state index contributed by atoms with van der Waals surface area (Å²) in [4.78, 5) is 12.2. The lowest BCUT2D eigenvalue weighted by molar-refractivity contribution is -0.116. The van der Waals surface area contributed by atoms with Crippen molar-refractivity contribution in [2.45, 2.75) is 12.8 Å². The summed E-state index contributed by atoms with van der Waals surface area (Å²) in [7, 11) is 6.23. The third-order valence-corrected chi connectivity index (χ3v) is 3.75. The molecule has 0 aliphatic rings. The van der Waals surface area contributed by atoms with Gasteiger partial charge >= 0.3 is 0 Å². The lowest BCUT2D eigenvalue weighted by Crippen LogP contribution is -2.12. The van der Waals surface area contributed by atoms with E-state index in [0.29, 0.717) is 35.8 Å². The van der Waals surface area contributed by atoms with Crippen molar-refractivity contribution in [3.63, 3.8) is 0 Å². The molecule has 0 atom stereocenters. The van der Waals surface area contributed by atoms with Gasteiger partial charge in [-0.3, -0.25) is 4.79 Å². The normalized spacial score (nSPS) is 10.1. The summed E-state index contributed by atoms with van der Waals surface area (Å²) < 4.78 is 21.0. The van der Waals surface area contributed by atoms with Gasteiger partial charge in [-0.1, -0.05) is 12.1 Å². The molecule has 25 heavy (non-hydrogen) atoms. The molecule has 0 unspecified atom stereocenters. The number of amides is 1. The minimum atomic E-state index is -0.0925. The molecule has 6 nitrogen and oxygen atoms in total. The van der Waals surface area contributed by atoms with Crippen LogP contribution in [0.3, 0.4) is 0 Å². The first kappa shape index (κ1) is 18.4. The highest BCUT2D eigenvalue weighted by Gasteiger charge is 2.14. The summed E-state index contributed by atoms with van der Waals surface area (Å²) in [6.07, 6.45) is 1.00. The molecule has 2 aromatic rings. The molecular formula is C19H23NO5. The van der Waals surface area contributed by atoms with Crippen molar-refractivity contribution in [2.75, 3.05) is 33.8 Å². The highest BCUT2D eigenvalue weighted by atomic mass is 16.5. The Morgan fingerprint density at radius 3 is 1.96 bits per heavy atom. The molecular weight excluding hydrogens is 322 g/mol. The fourth-order valence-corrected chi connectivity index (χ4v) is 2.43. The van der Waals surface area contributed by atoms with Crippen molar-refractivity contribution in [3.05, 3.63) is 42.0 Å². The van der Waals surface area contributed by atoms with Gasteiger partial charge in [0.15, 0.2) is 11.5 Å². The molecule has 0 radical (unpaired) electrons. The van der Waals surface area contributed by atoms with E-state index in [0.717, 1.165) is 11.3 Å². The quantitative estimate of drug-likeness (QED) is 0.795. The highest BCUT2D eigenvalue weighted by molar-refractivity contribution is 5.91. The van der Waals surface area contributed by atoms with Gasteiger partial charge in [0.25, 0.3) is 0 Å². The van der Waals surface area contributed by atoms with Crippen molar-refractivity contribution in [2.24, 2.45) is 0 Å². The molecule has 1 N–H and O–H groups in total. The smallest absolute Gasteiger partial charge is 0.224 e. The lowest BCUT2D eigenvalue weighted by Gasteiger charge is -2.14. The minimum absolute atomic E-state index is 0.0925. The zero-order chi connectivity index (χ0) is 18.2. The van der Waals surface area contributed by atoms with Gasteiger partial charge in [0.1, 0.15) is 5.75 Å². The number of ether oxygens (including phenoxy) is 4. The van der Waals surface area contributed by atoms with Crippen molar-refractivity contribution in [1.82, 2.24) is 0 Å². The number of hydrogen-bond donors (Lipinski definition) is 1. The lowest BCUT2D eigenvalue weighted by atomic mass is 10.1. The summed E-state index contributed by atoms with van der Waals surface area (Å²) in [6.45, 7) is 0. The molecule has 2 rings (SSSR count). The Hall–Kier alpha value is -2.89. The predicted octanol–water partition coefficient (Wildman–Crippen LogP) is 3.29. The van der Waals surface area contributed by atoms with Gasteiger partial charge in [0, 0.05) is 24.2 Å². The molecule has 6 heteroatoms. The summed E-state index contributed by atoms with van der Waals surface area (Å²) >= 11 is 0. The van der Waals surface area contributed by atoms with E-state index in [9.17, 15) is 4.79 Å². The molecule has 0 saturated carbocycles. The molecule has 0 heterocycles. The van der Waals surface area contributed by atoms with Crippen LogP contribution in [0, 0.1) is 0 Å². The minimum Gasteiger partial charge on any atom is -0.497 e. The van der Waals surface area contributed by atoms with Crippen LogP contribution < -0.4 is 24.3 Å². The molecule has 134 valence electrons. The van der Waals surface area contributed by atoms with Gasteiger partial charge in [-0.05, 0) is 24.1 Å². The molecule has 0 aromatic heterocycles. The second kappa shape index (κ2) is 8.82. The molecule has 0 aliphatic carbocycles. The monoisotopic (exact) mass is 345 g/mol. The third-order valence-electron chi connectivity index (χ3n) is 3.75. The van der Waals surface area contributed by atoms with E-state index in [4.69, 9.17) is 18.9 Å². The highest BCUT2D eigenvalue weighted by Crippen LogP contribution is 2.39. The number of aryl methyl sites for hydroxylation is 1. The largest absolute Gasteiger partial charge is 0.497 e. The van der Waals surface area contributed by atoms with Crippen LogP contribution in [-0.2, 0) is 11.2 Å². The molecule has 0 aliphatic heterocycles. The van der Waals surface area contributed by atoms with Crippen LogP contribution in [0.2, 0.25) is 0 Å². The van der Waals surface area contributed by atoms with Gasteiger partial charge in [-0.2, -0.15) is 0 Å². The van der Waals surface area contributed by atoms with Crippen LogP contribution in [0.25, 0.3) is 0 Å². The number of carbonyl (C=O) groups excluding carboxylic acids is 1. The van der Waals surface area contributed by atoms with Gasteiger partial charge < -0.3 is 24.3 Å². The third kappa shape index (κ3) is 4.79. The number of methoxy groups -OCH3 is 4. The Bertz CT molecular complexity index is 687.